The van der Waals surface area contributed by atoms with Gasteiger partial charge in [-0.15, -0.1) is 12.4 Å². The van der Waals surface area contributed by atoms with Crippen LogP contribution in [0.3, 0.4) is 0 Å². The molecule has 0 saturated carbocycles. The Bertz CT molecular complexity index is 213. The highest BCUT2D eigenvalue weighted by Gasteiger charge is 2.32. The molecule has 0 aromatic heterocycles. The third-order valence-electron chi connectivity index (χ3n) is 3.62. The number of halogens is 1. The van der Waals surface area contributed by atoms with E-state index in [0.29, 0.717) is 24.2 Å². The van der Waals surface area contributed by atoms with Crippen LogP contribution >= 0.6 is 12.4 Å². The van der Waals surface area contributed by atoms with Crippen LogP contribution in [0.15, 0.2) is 0 Å². The minimum absolute atomic E-state index is 0. The number of hydrogen-bond acceptors (Lipinski definition) is 3. The number of rotatable bonds is 2. The molecule has 3 nitrogen and oxygen atoms in total. The lowest BCUT2D eigenvalue weighted by Gasteiger charge is -2.37. The van der Waals surface area contributed by atoms with Crippen molar-refractivity contribution in [3.63, 3.8) is 0 Å². The second-order valence-corrected chi connectivity index (χ2v) is 5.31. The first-order chi connectivity index (χ1) is 7.16. The Morgan fingerprint density at radius 2 is 2.12 bits per heavy atom. The highest BCUT2D eigenvalue weighted by Crippen LogP contribution is 2.24. The van der Waals surface area contributed by atoms with Crippen LogP contribution in [0.4, 0.5) is 0 Å². The molecule has 96 valence electrons. The number of likely N-dealkylation sites (tertiary alicyclic amines) is 1. The fourth-order valence-corrected chi connectivity index (χ4v) is 2.65. The molecule has 2 rings (SSSR count). The van der Waals surface area contributed by atoms with Gasteiger partial charge in [0.2, 0.25) is 0 Å². The molecule has 1 N–H and O–H groups in total. The van der Waals surface area contributed by atoms with Gasteiger partial charge in [-0.2, -0.15) is 0 Å². The molecule has 4 heteroatoms. The second kappa shape index (κ2) is 6.20. The Kier molecular flexibility index (Phi) is 5.51. The Morgan fingerprint density at radius 1 is 1.38 bits per heavy atom. The molecular formula is C12H25ClN2O. The smallest absolute Gasteiger partial charge is 0.112 e. The molecule has 3 atom stereocenters. The van der Waals surface area contributed by atoms with Crippen LogP contribution < -0.4 is 5.32 Å². The van der Waals surface area contributed by atoms with Gasteiger partial charge in [0.15, 0.2) is 0 Å². The Hall–Kier alpha value is 0.170. The fourth-order valence-electron chi connectivity index (χ4n) is 2.65. The SMILES string of the molecule is CC1COC(C2CCCN(C(C)C)C2)N1.Cl. The van der Waals surface area contributed by atoms with Gasteiger partial charge in [0.05, 0.1) is 6.61 Å². The highest BCUT2D eigenvalue weighted by atomic mass is 35.5. The average Bonchev–Trinajstić information content (AvgIpc) is 2.65. The van der Waals surface area contributed by atoms with E-state index in [9.17, 15) is 0 Å². The van der Waals surface area contributed by atoms with Gasteiger partial charge in [-0.05, 0) is 40.2 Å². The average molecular weight is 249 g/mol. The standard InChI is InChI=1S/C12H24N2O.ClH/c1-9(2)14-6-4-5-11(7-14)12-13-10(3)8-15-12;/h9-13H,4-8H2,1-3H3;1H. The molecule has 3 unspecified atom stereocenters. The predicted octanol–water partition coefficient (Wildman–Crippen LogP) is 1.86. The van der Waals surface area contributed by atoms with Gasteiger partial charge < -0.3 is 9.64 Å². The van der Waals surface area contributed by atoms with E-state index in [-0.39, 0.29) is 12.4 Å². The summed E-state index contributed by atoms with van der Waals surface area (Å²) in [6.07, 6.45) is 2.94. The summed E-state index contributed by atoms with van der Waals surface area (Å²) < 4.78 is 5.79. The summed E-state index contributed by atoms with van der Waals surface area (Å²) in [5.41, 5.74) is 0. The Morgan fingerprint density at radius 3 is 2.69 bits per heavy atom. The van der Waals surface area contributed by atoms with Crippen molar-refractivity contribution in [1.29, 1.82) is 0 Å². The van der Waals surface area contributed by atoms with Gasteiger partial charge in [0.25, 0.3) is 0 Å². The van der Waals surface area contributed by atoms with E-state index in [1.165, 1.54) is 25.9 Å². The Balaban J connectivity index is 0.00000128. The first-order valence-electron chi connectivity index (χ1n) is 6.28. The lowest BCUT2D eigenvalue weighted by molar-refractivity contribution is 0.00917. The summed E-state index contributed by atoms with van der Waals surface area (Å²) in [4.78, 5) is 2.57. The number of piperidine rings is 1. The van der Waals surface area contributed by atoms with E-state index in [1.807, 2.05) is 0 Å². The van der Waals surface area contributed by atoms with Crippen LogP contribution in [-0.4, -0.2) is 42.9 Å². The molecule has 0 aromatic carbocycles. The molecule has 2 heterocycles. The van der Waals surface area contributed by atoms with E-state index < -0.39 is 0 Å². The maximum absolute atomic E-state index is 5.79. The third kappa shape index (κ3) is 3.33. The third-order valence-corrected chi connectivity index (χ3v) is 3.62. The van der Waals surface area contributed by atoms with E-state index in [2.05, 4.69) is 31.0 Å². The summed E-state index contributed by atoms with van der Waals surface area (Å²) >= 11 is 0. The molecule has 16 heavy (non-hydrogen) atoms. The number of nitrogens with one attached hydrogen (secondary N) is 1. The van der Waals surface area contributed by atoms with E-state index >= 15 is 0 Å². The van der Waals surface area contributed by atoms with E-state index in [0.717, 1.165) is 6.61 Å². The summed E-state index contributed by atoms with van der Waals surface area (Å²) in [6.45, 7) is 10.1. The number of hydrogen-bond donors (Lipinski definition) is 1. The lowest BCUT2D eigenvalue weighted by atomic mass is 9.95. The van der Waals surface area contributed by atoms with Crippen LogP contribution in [0.5, 0.6) is 0 Å². The first-order valence-corrected chi connectivity index (χ1v) is 6.28. The maximum Gasteiger partial charge on any atom is 0.112 e. The normalized spacial score (nSPS) is 36.4. The van der Waals surface area contributed by atoms with Gasteiger partial charge in [0.1, 0.15) is 6.23 Å². The molecule has 2 aliphatic heterocycles. The summed E-state index contributed by atoms with van der Waals surface area (Å²) in [5.74, 6) is 0.686. The van der Waals surface area contributed by atoms with Gasteiger partial charge >= 0.3 is 0 Å². The predicted molar refractivity (Wildman–Crippen MR) is 69.0 cm³/mol. The molecule has 2 saturated heterocycles. The molecule has 2 aliphatic rings. The van der Waals surface area contributed by atoms with Crippen molar-refractivity contribution < 1.29 is 4.74 Å². The van der Waals surface area contributed by atoms with Crippen LogP contribution in [0.25, 0.3) is 0 Å². The Labute approximate surface area is 105 Å². The van der Waals surface area contributed by atoms with Gasteiger partial charge in [-0.3, -0.25) is 5.32 Å². The zero-order valence-corrected chi connectivity index (χ0v) is 11.4. The topological polar surface area (TPSA) is 24.5 Å². The molecule has 0 spiro atoms. The number of ether oxygens (including phenoxy) is 1. The molecule has 0 bridgehead atoms. The van der Waals surface area contributed by atoms with Gasteiger partial charge in [0, 0.05) is 24.5 Å². The zero-order chi connectivity index (χ0) is 10.8. The highest BCUT2D eigenvalue weighted by molar-refractivity contribution is 5.85. The van der Waals surface area contributed by atoms with Crippen molar-refractivity contribution in [3.8, 4) is 0 Å². The monoisotopic (exact) mass is 248 g/mol. The molecule has 2 fully saturated rings. The second-order valence-electron chi connectivity index (χ2n) is 5.31. The fraction of sp³-hybridized carbons (Fsp3) is 1.00. The van der Waals surface area contributed by atoms with E-state index in [1.54, 1.807) is 0 Å². The van der Waals surface area contributed by atoms with Gasteiger partial charge in [-0.1, -0.05) is 0 Å². The molecular weight excluding hydrogens is 224 g/mol. The lowest BCUT2D eigenvalue weighted by Crippen LogP contribution is -2.47. The summed E-state index contributed by atoms with van der Waals surface area (Å²) in [6, 6.07) is 1.20. The van der Waals surface area contributed by atoms with E-state index in [4.69, 9.17) is 4.74 Å². The first kappa shape index (κ1) is 14.2. The van der Waals surface area contributed by atoms with Crippen molar-refractivity contribution in [2.45, 2.75) is 51.9 Å². The van der Waals surface area contributed by atoms with Crippen molar-refractivity contribution in [3.05, 3.63) is 0 Å². The molecule has 0 amide bonds. The number of nitrogens with zero attached hydrogens (tertiary/aromatic N) is 1. The quantitative estimate of drug-likeness (QED) is 0.808. The van der Waals surface area contributed by atoms with Gasteiger partial charge in [-0.25, -0.2) is 0 Å². The zero-order valence-electron chi connectivity index (χ0n) is 10.6. The van der Waals surface area contributed by atoms with Crippen LogP contribution in [0, 0.1) is 5.92 Å². The molecule has 0 aromatic rings. The van der Waals surface area contributed by atoms with Crippen molar-refractivity contribution in [2.75, 3.05) is 19.7 Å². The van der Waals surface area contributed by atoms with Crippen LogP contribution in [-0.2, 0) is 4.74 Å². The molecule has 0 radical (unpaired) electrons. The molecule has 0 aliphatic carbocycles. The van der Waals surface area contributed by atoms with Crippen LogP contribution in [0.2, 0.25) is 0 Å². The van der Waals surface area contributed by atoms with Crippen molar-refractivity contribution in [1.82, 2.24) is 10.2 Å². The largest absolute Gasteiger partial charge is 0.361 e. The summed E-state index contributed by atoms with van der Waals surface area (Å²) in [7, 11) is 0. The van der Waals surface area contributed by atoms with Crippen molar-refractivity contribution in [2.24, 2.45) is 5.92 Å². The maximum atomic E-state index is 5.79. The van der Waals surface area contributed by atoms with Crippen LogP contribution in [0.1, 0.15) is 33.6 Å². The summed E-state index contributed by atoms with van der Waals surface area (Å²) in [5, 5.41) is 3.53. The van der Waals surface area contributed by atoms with Crippen molar-refractivity contribution >= 4 is 12.4 Å². The minimum Gasteiger partial charge on any atom is -0.361 e. The minimum atomic E-state index is 0.